The maximum atomic E-state index is 11.8. The van der Waals surface area contributed by atoms with Gasteiger partial charge in [-0.15, -0.1) is 0 Å². The molecule has 4 rings (SSSR count). The number of benzene rings is 2. The molecule has 3 N–H and O–H groups in total. The minimum atomic E-state index is -0.573. The number of amides is 1. The summed E-state index contributed by atoms with van der Waals surface area (Å²) in [5, 5.41) is 4.34. The van der Waals surface area contributed by atoms with Gasteiger partial charge in [0.05, 0.1) is 5.69 Å². The van der Waals surface area contributed by atoms with E-state index >= 15 is 0 Å². The minimum absolute atomic E-state index is 0.220. The molecule has 6 nitrogen and oxygen atoms in total. The smallest absolute Gasteiger partial charge is 0.269 e. The molecule has 1 aromatic heterocycles. The number of hydrogen-bond donors (Lipinski definition) is 2. The zero-order valence-electron chi connectivity index (χ0n) is 12.6. The lowest BCUT2D eigenvalue weighted by atomic mass is 10.0. The van der Waals surface area contributed by atoms with Crippen LogP contribution in [0.15, 0.2) is 60.9 Å². The van der Waals surface area contributed by atoms with E-state index in [0.29, 0.717) is 11.3 Å². The van der Waals surface area contributed by atoms with E-state index in [9.17, 15) is 4.79 Å². The number of primary amides is 1. The van der Waals surface area contributed by atoms with Crippen LogP contribution in [0.3, 0.4) is 0 Å². The van der Waals surface area contributed by atoms with Crippen LogP contribution in [0.5, 0.6) is 5.75 Å². The first-order valence-corrected chi connectivity index (χ1v) is 7.40. The molecule has 2 heterocycles. The Bertz CT molecular complexity index is 945. The van der Waals surface area contributed by atoms with Crippen LogP contribution in [0.25, 0.3) is 22.9 Å². The molecule has 0 saturated carbocycles. The van der Waals surface area contributed by atoms with Gasteiger partial charge in [0.15, 0.2) is 11.4 Å². The summed E-state index contributed by atoms with van der Waals surface area (Å²) in [6.07, 6.45) is 5.42. The quantitative estimate of drug-likeness (QED) is 0.777. The Morgan fingerprint density at radius 1 is 1.17 bits per heavy atom. The fourth-order valence-corrected chi connectivity index (χ4v) is 2.63. The van der Waals surface area contributed by atoms with E-state index < -0.39 is 5.91 Å². The summed E-state index contributed by atoms with van der Waals surface area (Å²) in [6, 6.07) is 15.2. The fourth-order valence-electron chi connectivity index (χ4n) is 2.63. The first kappa shape index (κ1) is 14.1. The molecule has 24 heavy (non-hydrogen) atoms. The van der Waals surface area contributed by atoms with E-state index in [2.05, 4.69) is 10.6 Å². The topological polar surface area (TPSA) is 82.2 Å². The van der Waals surface area contributed by atoms with Crippen molar-refractivity contribution in [2.45, 2.75) is 0 Å². The van der Waals surface area contributed by atoms with Crippen molar-refractivity contribution in [2.75, 3.05) is 0 Å². The van der Waals surface area contributed by atoms with Crippen molar-refractivity contribution in [3.8, 4) is 22.6 Å². The van der Waals surface area contributed by atoms with Gasteiger partial charge in [0.2, 0.25) is 0 Å². The molecule has 6 heteroatoms. The van der Waals surface area contributed by atoms with Gasteiger partial charge in [-0.3, -0.25) is 4.79 Å². The van der Waals surface area contributed by atoms with Gasteiger partial charge in [-0.25, -0.2) is 10.2 Å². The molecule has 3 aromatic rings. The molecule has 2 aromatic carbocycles. The number of aromatic nitrogens is 2. The van der Waals surface area contributed by atoms with Crippen LogP contribution < -0.4 is 16.1 Å². The molecular weight excluding hydrogens is 304 g/mol. The van der Waals surface area contributed by atoms with E-state index in [0.717, 1.165) is 16.8 Å². The van der Waals surface area contributed by atoms with Crippen molar-refractivity contribution >= 4 is 12.0 Å². The monoisotopic (exact) mass is 318 g/mol. The zero-order chi connectivity index (χ0) is 16.5. The average Bonchev–Trinajstić information content (AvgIpc) is 3.08. The summed E-state index contributed by atoms with van der Waals surface area (Å²) >= 11 is 0. The molecule has 0 bridgehead atoms. The summed E-state index contributed by atoms with van der Waals surface area (Å²) in [4.78, 5) is 17.2. The van der Waals surface area contributed by atoms with Crippen LogP contribution >= 0.6 is 0 Å². The number of nitrogens with two attached hydrogens (primary N) is 1. The number of para-hydroxylation sites is 1. The van der Waals surface area contributed by atoms with Crippen molar-refractivity contribution in [1.29, 1.82) is 0 Å². The number of fused-ring (bicyclic) bond motifs is 1. The Morgan fingerprint density at radius 2 is 2.00 bits per heavy atom. The number of carbonyl (C=O) groups is 1. The van der Waals surface area contributed by atoms with Gasteiger partial charge in [-0.2, -0.15) is 5.10 Å². The predicted octanol–water partition coefficient (Wildman–Crippen LogP) is 2.51. The SMILES string of the molecule is NC(=O)c1nn(-c2ccccc2)cc1-c1ccc2c(c1)ONC=C2. The van der Waals surface area contributed by atoms with Crippen LogP contribution in [-0.4, -0.2) is 15.7 Å². The Hall–Kier alpha value is -3.54. The molecule has 1 aliphatic heterocycles. The Labute approximate surface area is 138 Å². The largest absolute Gasteiger partial charge is 0.382 e. The number of hydroxylamine groups is 1. The van der Waals surface area contributed by atoms with Crippen molar-refractivity contribution in [3.05, 3.63) is 72.2 Å². The third kappa shape index (κ3) is 2.40. The van der Waals surface area contributed by atoms with Gasteiger partial charge in [-0.1, -0.05) is 30.3 Å². The van der Waals surface area contributed by atoms with Crippen molar-refractivity contribution in [1.82, 2.24) is 15.3 Å². The zero-order valence-corrected chi connectivity index (χ0v) is 12.6. The summed E-state index contributed by atoms with van der Waals surface area (Å²) < 4.78 is 1.65. The normalized spacial score (nSPS) is 12.2. The highest BCUT2D eigenvalue weighted by atomic mass is 16.6. The van der Waals surface area contributed by atoms with E-state index in [1.165, 1.54) is 0 Å². The molecule has 118 valence electrons. The van der Waals surface area contributed by atoms with Gasteiger partial charge in [-0.05, 0) is 29.8 Å². The lowest BCUT2D eigenvalue weighted by Crippen LogP contribution is -2.15. The van der Waals surface area contributed by atoms with Crippen LogP contribution in [-0.2, 0) is 0 Å². The fraction of sp³-hybridized carbons (Fsp3) is 0. The lowest BCUT2D eigenvalue weighted by molar-refractivity contribution is 0.0996. The van der Waals surface area contributed by atoms with E-state index in [4.69, 9.17) is 10.6 Å². The number of rotatable bonds is 3. The Morgan fingerprint density at radius 3 is 2.79 bits per heavy atom. The van der Waals surface area contributed by atoms with Gasteiger partial charge in [0.25, 0.3) is 5.91 Å². The van der Waals surface area contributed by atoms with E-state index in [1.54, 1.807) is 17.1 Å². The molecule has 0 aliphatic carbocycles. The average molecular weight is 318 g/mol. The molecule has 0 atom stereocenters. The number of carbonyl (C=O) groups excluding carboxylic acids is 1. The third-order valence-corrected chi connectivity index (χ3v) is 3.79. The minimum Gasteiger partial charge on any atom is -0.382 e. The number of hydrogen-bond acceptors (Lipinski definition) is 4. The number of nitrogens with zero attached hydrogens (tertiary/aromatic N) is 2. The van der Waals surface area contributed by atoms with Crippen LogP contribution in [0.4, 0.5) is 0 Å². The van der Waals surface area contributed by atoms with Gasteiger partial charge in [0.1, 0.15) is 0 Å². The first-order chi connectivity index (χ1) is 11.7. The third-order valence-electron chi connectivity index (χ3n) is 3.79. The van der Waals surface area contributed by atoms with Crippen molar-refractivity contribution < 1.29 is 9.63 Å². The van der Waals surface area contributed by atoms with Gasteiger partial charge < -0.3 is 10.6 Å². The summed E-state index contributed by atoms with van der Waals surface area (Å²) in [7, 11) is 0. The summed E-state index contributed by atoms with van der Waals surface area (Å²) in [5.41, 5.74) is 11.7. The van der Waals surface area contributed by atoms with Crippen molar-refractivity contribution in [2.24, 2.45) is 5.73 Å². The highest BCUT2D eigenvalue weighted by Gasteiger charge is 2.18. The first-order valence-electron chi connectivity index (χ1n) is 7.40. The molecule has 0 radical (unpaired) electrons. The maximum absolute atomic E-state index is 11.8. The second-order valence-electron chi connectivity index (χ2n) is 5.34. The Kier molecular flexibility index (Phi) is 3.28. The van der Waals surface area contributed by atoms with E-state index in [-0.39, 0.29) is 5.69 Å². The maximum Gasteiger partial charge on any atom is 0.269 e. The van der Waals surface area contributed by atoms with Crippen LogP contribution in [0.1, 0.15) is 16.1 Å². The van der Waals surface area contributed by atoms with Gasteiger partial charge >= 0.3 is 0 Å². The van der Waals surface area contributed by atoms with Crippen molar-refractivity contribution in [3.63, 3.8) is 0 Å². The molecular formula is C18H14N4O2. The second kappa shape index (κ2) is 5.58. The molecule has 1 amide bonds. The predicted molar refractivity (Wildman–Crippen MR) is 90.3 cm³/mol. The summed E-state index contributed by atoms with van der Waals surface area (Å²) in [6.45, 7) is 0. The van der Waals surface area contributed by atoms with Gasteiger partial charge in [0, 0.05) is 23.5 Å². The summed E-state index contributed by atoms with van der Waals surface area (Å²) in [5.74, 6) is 0.106. The van der Waals surface area contributed by atoms with Crippen LogP contribution in [0.2, 0.25) is 0 Å². The molecule has 0 fully saturated rings. The number of nitrogens with one attached hydrogen (secondary N) is 1. The standard InChI is InChI=1S/C18H14N4O2/c19-18(23)17-15(11-22(21-17)14-4-2-1-3-5-14)13-7-6-12-8-9-20-24-16(12)10-13/h1-11,20H,(H2,19,23). The Balaban J connectivity index is 1.84. The molecule has 0 spiro atoms. The highest BCUT2D eigenvalue weighted by molar-refractivity contribution is 5.98. The molecule has 0 unspecified atom stereocenters. The highest BCUT2D eigenvalue weighted by Crippen LogP contribution is 2.31. The lowest BCUT2D eigenvalue weighted by Gasteiger charge is -2.13. The van der Waals surface area contributed by atoms with Crippen LogP contribution in [0, 0.1) is 0 Å². The molecule has 0 saturated heterocycles. The molecule has 1 aliphatic rings. The van der Waals surface area contributed by atoms with E-state index in [1.807, 2.05) is 54.6 Å². The second-order valence-corrected chi connectivity index (χ2v) is 5.34.